The van der Waals surface area contributed by atoms with E-state index in [-0.39, 0.29) is 23.5 Å². The smallest absolute Gasteiger partial charge is 0.249 e. The summed E-state index contributed by atoms with van der Waals surface area (Å²) in [4.78, 5) is 34.7. The van der Waals surface area contributed by atoms with Crippen LogP contribution >= 0.6 is 0 Å². The normalized spacial score (nSPS) is 23.0. The van der Waals surface area contributed by atoms with Gasteiger partial charge < -0.3 is 19.9 Å². The summed E-state index contributed by atoms with van der Waals surface area (Å²) in [6.07, 6.45) is 8.65. The van der Waals surface area contributed by atoms with E-state index in [1.165, 1.54) is 0 Å². The van der Waals surface area contributed by atoms with Gasteiger partial charge in [0.1, 0.15) is 6.10 Å². The molecule has 2 atom stereocenters. The number of nitrogens with one attached hydrogen (secondary N) is 1. The maximum atomic E-state index is 13.3. The van der Waals surface area contributed by atoms with Crippen LogP contribution in [-0.2, 0) is 20.9 Å². The highest BCUT2D eigenvalue weighted by molar-refractivity contribution is 5.85. The molecular formula is C28H36N4O3. The third-order valence-corrected chi connectivity index (χ3v) is 7.99. The van der Waals surface area contributed by atoms with Gasteiger partial charge in [0.25, 0.3) is 0 Å². The summed E-state index contributed by atoms with van der Waals surface area (Å²) in [6.45, 7) is 4.90. The Morgan fingerprint density at radius 2 is 1.91 bits per heavy atom. The van der Waals surface area contributed by atoms with Gasteiger partial charge in [-0.25, -0.2) is 0 Å². The van der Waals surface area contributed by atoms with Crippen molar-refractivity contribution >= 4 is 11.8 Å². The number of hydrogen-bond acceptors (Lipinski definition) is 5. The van der Waals surface area contributed by atoms with Crippen molar-refractivity contribution in [3.05, 3.63) is 66.0 Å². The van der Waals surface area contributed by atoms with Gasteiger partial charge in [-0.05, 0) is 68.8 Å². The Kier molecular flexibility index (Phi) is 7.44. The molecule has 3 aliphatic rings. The molecule has 4 heterocycles. The molecular weight excluding hydrogens is 440 g/mol. The summed E-state index contributed by atoms with van der Waals surface area (Å²) in [5.74, 6) is 0.311. The van der Waals surface area contributed by atoms with E-state index >= 15 is 0 Å². The maximum absolute atomic E-state index is 13.3. The van der Waals surface area contributed by atoms with Crippen molar-refractivity contribution < 1.29 is 14.3 Å². The average Bonchev–Trinajstić information content (AvgIpc) is 3.54. The first kappa shape index (κ1) is 23.9. The fraction of sp³-hybridized carbons (Fsp3) is 0.536. The third-order valence-electron chi connectivity index (χ3n) is 7.99. The first-order chi connectivity index (χ1) is 17.1. The number of amides is 2. The number of nitrogens with zero attached hydrogens (tertiary/aromatic N) is 3. The van der Waals surface area contributed by atoms with E-state index in [0.717, 1.165) is 75.8 Å². The van der Waals surface area contributed by atoms with E-state index in [4.69, 9.17) is 4.74 Å². The summed E-state index contributed by atoms with van der Waals surface area (Å²) in [5, 5.41) is 3.24. The number of aromatic nitrogens is 1. The zero-order valence-electron chi connectivity index (χ0n) is 20.4. The number of likely N-dealkylation sites (tertiary alicyclic amines) is 2. The van der Waals surface area contributed by atoms with Crippen LogP contribution < -0.4 is 5.32 Å². The minimum absolute atomic E-state index is 0.000732. The number of benzene rings is 1. The molecule has 1 aromatic heterocycles. The van der Waals surface area contributed by atoms with E-state index in [9.17, 15) is 9.59 Å². The number of rotatable bonds is 8. The Hall–Kier alpha value is -2.77. The SMILES string of the molecule is O=C(N[C@@H](CCN1CCC2(CC1)CCN(Cc1cccnc1)C2=O)c1ccccc1)[C@@H]1CCCO1. The van der Waals surface area contributed by atoms with Gasteiger partial charge >= 0.3 is 0 Å². The van der Waals surface area contributed by atoms with E-state index in [1.54, 1.807) is 6.20 Å². The highest BCUT2D eigenvalue weighted by Crippen LogP contribution is 2.42. The number of hydrogen-bond donors (Lipinski definition) is 1. The van der Waals surface area contributed by atoms with Crippen LogP contribution in [0.5, 0.6) is 0 Å². The quantitative estimate of drug-likeness (QED) is 0.633. The molecule has 0 aliphatic carbocycles. The Morgan fingerprint density at radius 1 is 1.11 bits per heavy atom. The number of piperidine rings is 1. The molecule has 5 rings (SSSR count). The van der Waals surface area contributed by atoms with Gasteiger partial charge in [0.2, 0.25) is 11.8 Å². The van der Waals surface area contributed by atoms with Gasteiger partial charge in [0.05, 0.1) is 11.5 Å². The molecule has 0 bridgehead atoms. The number of carbonyl (C=O) groups is 2. The van der Waals surface area contributed by atoms with Crippen LogP contribution in [0.2, 0.25) is 0 Å². The first-order valence-electron chi connectivity index (χ1n) is 13.0. The predicted molar refractivity (Wildman–Crippen MR) is 133 cm³/mol. The van der Waals surface area contributed by atoms with Crippen molar-refractivity contribution in [2.24, 2.45) is 5.41 Å². The molecule has 35 heavy (non-hydrogen) atoms. The van der Waals surface area contributed by atoms with Crippen molar-refractivity contribution in [1.82, 2.24) is 20.1 Å². The lowest BCUT2D eigenvalue weighted by Crippen LogP contribution is -2.45. The first-order valence-corrected chi connectivity index (χ1v) is 13.0. The second kappa shape index (κ2) is 10.9. The summed E-state index contributed by atoms with van der Waals surface area (Å²) in [6, 6.07) is 14.1. The Bertz CT molecular complexity index is 986. The summed E-state index contributed by atoms with van der Waals surface area (Å²) < 4.78 is 5.59. The fourth-order valence-corrected chi connectivity index (χ4v) is 5.79. The molecule has 3 saturated heterocycles. The Balaban J connectivity index is 1.15. The highest BCUT2D eigenvalue weighted by atomic mass is 16.5. The van der Waals surface area contributed by atoms with Crippen molar-refractivity contribution in [2.75, 3.05) is 32.8 Å². The van der Waals surface area contributed by atoms with E-state index in [0.29, 0.717) is 19.1 Å². The van der Waals surface area contributed by atoms with E-state index in [2.05, 4.69) is 27.3 Å². The van der Waals surface area contributed by atoms with E-state index in [1.807, 2.05) is 41.4 Å². The number of pyridine rings is 1. The van der Waals surface area contributed by atoms with Gasteiger partial charge in [-0.15, -0.1) is 0 Å². The standard InChI is InChI=1S/C28H36N4O3/c33-26(25-9-5-19-35-25)30-24(23-7-2-1-3-8-23)10-15-31-16-11-28(12-17-31)13-18-32(27(28)34)21-22-6-4-14-29-20-22/h1-4,6-8,14,20,24-25H,5,9-13,15-19,21H2,(H,30,33)/t24-,25-/m0/s1. The minimum Gasteiger partial charge on any atom is -0.368 e. The van der Waals surface area contributed by atoms with E-state index < -0.39 is 0 Å². The highest BCUT2D eigenvalue weighted by Gasteiger charge is 2.47. The van der Waals surface area contributed by atoms with Crippen LogP contribution in [0.4, 0.5) is 0 Å². The molecule has 3 aliphatic heterocycles. The second-order valence-electron chi connectivity index (χ2n) is 10.2. The molecule has 0 radical (unpaired) electrons. The molecule has 7 heteroatoms. The topological polar surface area (TPSA) is 74.8 Å². The molecule has 1 spiro atoms. The lowest BCUT2D eigenvalue weighted by atomic mass is 9.77. The van der Waals surface area contributed by atoms with Gasteiger partial charge in [0.15, 0.2) is 0 Å². The third kappa shape index (κ3) is 5.57. The van der Waals surface area contributed by atoms with Crippen molar-refractivity contribution in [2.45, 2.75) is 57.2 Å². The molecule has 1 N–H and O–H groups in total. The molecule has 0 unspecified atom stereocenters. The molecule has 7 nitrogen and oxygen atoms in total. The van der Waals surface area contributed by atoms with Crippen LogP contribution in [0.15, 0.2) is 54.9 Å². The lowest BCUT2D eigenvalue weighted by Gasteiger charge is -2.38. The molecule has 186 valence electrons. The van der Waals surface area contributed by atoms with Crippen molar-refractivity contribution in [3.63, 3.8) is 0 Å². The van der Waals surface area contributed by atoms with Crippen molar-refractivity contribution in [1.29, 1.82) is 0 Å². The molecule has 3 fully saturated rings. The predicted octanol–water partition coefficient (Wildman–Crippen LogP) is 3.32. The van der Waals surface area contributed by atoms with Gasteiger partial charge in [-0.3, -0.25) is 14.6 Å². The summed E-state index contributed by atoms with van der Waals surface area (Å²) in [7, 11) is 0. The van der Waals surface area contributed by atoms with Gasteiger partial charge in [0, 0.05) is 38.6 Å². The Morgan fingerprint density at radius 3 is 2.63 bits per heavy atom. The van der Waals surface area contributed by atoms with Crippen LogP contribution in [0, 0.1) is 5.41 Å². The van der Waals surface area contributed by atoms with Crippen LogP contribution in [0.3, 0.4) is 0 Å². The summed E-state index contributed by atoms with van der Waals surface area (Å²) >= 11 is 0. The molecule has 2 aromatic rings. The van der Waals surface area contributed by atoms with Crippen LogP contribution in [0.25, 0.3) is 0 Å². The molecule has 0 saturated carbocycles. The van der Waals surface area contributed by atoms with Gasteiger partial charge in [-0.2, -0.15) is 0 Å². The average molecular weight is 477 g/mol. The minimum atomic E-state index is -0.320. The monoisotopic (exact) mass is 476 g/mol. The number of carbonyl (C=O) groups excluding carboxylic acids is 2. The lowest BCUT2D eigenvalue weighted by molar-refractivity contribution is -0.139. The maximum Gasteiger partial charge on any atom is 0.249 e. The zero-order valence-corrected chi connectivity index (χ0v) is 20.4. The summed E-state index contributed by atoms with van der Waals surface area (Å²) in [5.41, 5.74) is 2.02. The fourth-order valence-electron chi connectivity index (χ4n) is 5.79. The molecule has 2 amide bonds. The van der Waals surface area contributed by atoms with Gasteiger partial charge in [-0.1, -0.05) is 36.4 Å². The Labute approximate surface area is 207 Å². The van der Waals surface area contributed by atoms with Crippen molar-refractivity contribution in [3.8, 4) is 0 Å². The zero-order chi connectivity index (χ0) is 24.1. The largest absolute Gasteiger partial charge is 0.368 e. The number of ether oxygens (including phenoxy) is 1. The molecule has 1 aromatic carbocycles. The second-order valence-corrected chi connectivity index (χ2v) is 10.2. The van der Waals surface area contributed by atoms with Crippen LogP contribution in [0.1, 0.15) is 55.7 Å². The van der Waals surface area contributed by atoms with Crippen LogP contribution in [-0.4, -0.2) is 65.5 Å².